The SMILES string of the molecule is CCOC(=O)Nc1nnc(CC(=O)N/N=C\c2ccc(O)c(OC)c2)s1. The molecule has 2 aromatic rings. The maximum Gasteiger partial charge on any atom is 0.413 e. The van der Waals surface area contributed by atoms with Gasteiger partial charge >= 0.3 is 6.09 Å². The number of hydrogen-bond acceptors (Lipinski definition) is 9. The molecule has 0 saturated heterocycles. The zero-order valence-electron chi connectivity index (χ0n) is 14.1. The Morgan fingerprint density at radius 2 is 2.19 bits per heavy atom. The predicted molar refractivity (Wildman–Crippen MR) is 94.7 cm³/mol. The minimum atomic E-state index is -0.631. The highest BCUT2D eigenvalue weighted by molar-refractivity contribution is 7.15. The fourth-order valence-electron chi connectivity index (χ4n) is 1.76. The monoisotopic (exact) mass is 379 g/mol. The minimum absolute atomic E-state index is 0.0113. The van der Waals surface area contributed by atoms with Crippen LogP contribution in [0.4, 0.5) is 9.93 Å². The number of nitrogens with one attached hydrogen (secondary N) is 2. The number of aromatic nitrogens is 2. The largest absolute Gasteiger partial charge is 0.504 e. The van der Waals surface area contributed by atoms with Crippen LogP contribution in [-0.2, 0) is 16.0 Å². The molecule has 0 spiro atoms. The number of amides is 2. The summed E-state index contributed by atoms with van der Waals surface area (Å²) in [5.41, 5.74) is 2.99. The molecule has 1 heterocycles. The maximum absolute atomic E-state index is 11.9. The molecule has 0 saturated carbocycles. The average molecular weight is 379 g/mol. The van der Waals surface area contributed by atoms with Crippen molar-refractivity contribution in [3.8, 4) is 11.5 Å². The van der Waals surface area contributed by atoms with Crippen LogP contribution in [0.1, 0.15) is 17.5 Å². The lowest BCUT2D eigenvalue weighted by Crippen LogP contribution is -2.19. The molecule has 0 radical (unpaired) electrons. The summed E-state index contributed by atoms with van der Waals surface area (Å²) in [5.74, 6) is -0.0845. The van der Waals surface area contributed by atoms with Crippen molar-refractivity contribution in [3.05, 3.63) is 28.8 Å². The average Bonchev–Trinajstić information content (AvgIpc) is 3.03. The van der Waals surface area contributed by atoms with Gasteiger partial charge in [0.1, 0.15) is 5.01 Å². The molecule has 2 rings (SSSR count). The second-order valence-corrected chi connectivity index (χ2v) is 5.81. The fourth-order valence-corrected chi connectivity index (χ4v) is 2.48. The molecule has 26 heavy (non-hydrogen) atoms. The fraction of sp³-hybridized carbons (Fsp3) is 0.267. The van der Waals surface area contributed by atoms with Gasteiger partial charge in [-0.2, -0.15) is 5.10 Å². The summed E-state index contributed by atoms with van der Waals surface area (Å²) in [5, 5.41) is 24.0. The van der Waals surface area contributed by atoms with E-state index in [1.165, 1.54) is 19.4 Å². The Labute approximate surface area is 152 Å². The van der Waals surface area contributed by atoms with Crippen LogP contribution in [0.25, 0.3) is 0 Å². The number of aromatic hydroxyl groups is 1. The number of methoxy groups -OCH3 is 1. The number of nitrogens with zero attached hydrogens (tertiary/aromatic N) is 3. The van der Waals surface area contributed by atoms with Gasteiger partial charge in [0.15, 0.2) is 11.5 Å². The number of phenolic OH excluding ortho intramolecular Hbond substituents is 1. The number of phenols is 1. The molecule has 0 atom stereocenters. The van der Waals surface area contributed by atoms with Crippen molar-refractivity contribution in [2.45, 2.75) is 13.3 Å². The van der Waals surface area contributed by atoms with Crippen LogP contribution in [-0.4, -0.2) is 47.2 Å². The molecule has 10 nitrogen and oxygen atoms in total. The van der Waals surface area contributed by atoms with E-state index >= 15 is 0 Å². The van der Waals surface area contributed by atoms with Crippen LogP contribution in [0.15, 0.2) is 23.3 Å². The number of carbonyl (C=O) groups is 2. The van der Waals surface area contributed by atoms with E-state index in [-0.39, 0.29) is 23.9 Å². The van der Waals surface area contributed by atoms with Crippen molar-refractivity contribution in [1.82, 2.24) is 15.6 Å². The Bertz CT molecular complexity index is 807. The summed E-state index contributed by atoms with van der Waals surface area (Å²) in [4.78, 5) is 23.1. The number of rotatable bonds is 7. The number of benzene rings is 1. The number of ether oxygens (including phenoxy) is 2. The van der Waals surface area contributed by atoms with E-state index in [1.807, 2.05) is 0 Å². The van der Waals surface area contributed by atoms with Gasteiger partial charge in [0, 0.05) is 0 Å². The number of carbonyl (C=O) groups excluding carboxylic acids is 2. The van der Waals surface area contributed by atoms with Crippen molar-refractivity contribution < 1.29 is 24.2 Å². The first-order chi connectivity index (χ1) is 12.5. The van der Waals surface area contributed by atoms with Crippen LogP contribution in [0.3, 0.4) is 0 Å². The normalized spacial score (nSPS) is 10.5. The standard InChI is InChI=1S/C15H17N5O5S/c1-3-25-15(23)17-14-20-19-13(26-14)7-12(22)18-16-8-9-4-5-10(21)11(6-9)24-2/h4-6,8,21H,3,7H2,1-2H3,(H,18,22)(H,17,20,23)/b16-8-. The molecule has 138 valence electrons. The third-order valence-electron chi connectivity index (χ3n) is 2.87. The van der Waals surface area contributed by atoms with E-state index in [2.05, 4.69) is 26.0 Å². The van der Waals surface area contributed by atoms with Gasteiger partial charge in [-0.3, -0.25) is 10.1 Å². The van der Waals surface area contributed by atoms with Gasteiger partial charge in [-0.15, -0.1) is 10.2 Å². The van der Waals surface area contributed by atoms with E-state index in [0.717, 1.165) is 11.3 Å². The minimum Gasteiger partial charge on any atom is -0.504 e. The number of anilines is 1. The molecule has 1 aromatic carbocycles. The lowest BCUT2D eigenvalue weighted by Gasteiger charge is -2.03. The third kappa shape index (κ3) is 5.70. The van der Waals surface area contributed by atoms with E-state index in [4.69, 9.17) is 9.47 Å². The lowest BCUT2D eigenvalue weighted by molar-refractivity contribution is -0.120. The molecular formula is C15H17N5O5S. The zero-order chi connectivity index (χ0) is 18.9. The van der Waals surface area contributed by atoms with Gasteiger partial charge in [-0.1, -0.05) is 11.3 Å². The molecule has 11 heteroatoms. The van der Waals surface area contributed by atoms with Gasteiger partial charge < -0.3 is 14.6 Å². The Balaban J connectivity index is 1.85. The predicted octanol–water partition coefficient (Wildman–Crippen LogP) is 1.51. The number of hydrazone groups is 1. The van der Waals surface area contributed by atoms with Crippen molar-refractivity contribution in [2.75, 3.05) is 19.0 Å². The second-order valence-electron chi connectivity index (χ2n) is 4.75. The first kappa shape index (κ1) is 19.1. The molecule has 0 aliphatic carbocycles. The summed E-state index contributed by atoms with van der Waals surface area (Å²) in [6.45, 7) is 1.93. The molecule has 0 fully saturated rings. The zero-order valence-corrected chi connectivity index (χ0v) is 14.9. The molecule has 0 aliphatic rings. The van der Waals surface area contributed by atoms with Gasteiger partial charge in [-0.05, 0) is 30.7 Å². The van der Waals surface area contributed by atoms with Crippen LogP contribution in [0, 0.1) is 0 Å². The van der Waals surface area contributed by atoms with Gasteiger partial charge in [0.25, 0.3) is 0 Å². The van der Waals surface area contributed by atoms with Crippen LogP contribution in [0.2, 0.25) is 0 Å². The van der Waals surface area contributed by atoms with E-state index in [0.29, 0.717) is 16.3 Å². The Hall–Kier alpha value is -3.21. The molecule has 3 N–H and O–H groups in total. The maximum atomic E-state index is 11.9. The Morgan fingerprint density at radius 3 is 2.92 bits per heavy atom. The molecule has 0 bridgehead atoms. The Morgan fingerprint density at radius 1 is 1.38 bits per heavy atom. The second kappa shape index (κ2) is 9.32. The molecule has 1 aromatic heterocycles. The van der Waals surface area contributed by atoms with Crippen molar-refractivity contribution in [2.24, 2.45) is 5.10 Å². The van der Waals surface area contributed by atoms with Gasteiger partial charge in [0.2, 0.25) is 11.0 Å². The van der Waals surface area contributed by atoms with Gasteiger partial charge in [-0.25, -0.2) is 10.2 Å². The summed E-state index contributed by atoms with van der Waals surface area (Å²) in [6.07, 6.45) is 0.736. The van der Waals surface area contributed by atoms with Crippen LogP contribution in [0.5, 0.6) is 11.5 Å². The Kier molecular flexibility index (Phi) is 6.85. The highest BCUT2D eigenvalue weighted by atomic mass is 32.1. The molecular weight excluding hydrogens is 362 g/mol. The quantitative estimate of drug-likeness (QED) is 0.490. The van der Waals surface area contributed by atoms with E-state index in [9.17, 15) is 14.7 Å². The van der Waals surface area contributed by atoms with Crippen molar-refractivity contribution in [1.29, 1.82) is 0 Å². The first-order valence-corrected chi connectivity index (χ1v) is 8.28. The smallest absolute Gasteiger partial charge is 0.413 e. The molecule has 0 unspecified atom stereocenters. The van der Waals surface area contributed by atoms with Crippen molar-refractivity contribution in [3.63, 3.8) is 0 Å². The van der Waals surface area contributed by atoms with Crippen LogP contribution >= 0.6 is 11.3 Å². The van der Waals surface area contributed by atoms with E-state index < -0.39 is 12.0 Å². The summed E-state index contributed by atoms with van der Waals surface area (Å²) < 4.78 is 9.71. The lowest BCUT2D eigenvalue weighted by atomic mass is 10.2. The number of hydrogen-bond donors (Lipinski definition) is 3. The van der Waals surface area contributed by atoms with E-state index in [1.54, 1.807) is 19.1 Å². The van der Waals surface area contributed by atoms with Gasteiger partial charge in [0.05, 0.1) is 26.4 Å². The first-order valence-electron chi connectivity index (χ1n) is 7.47. The topological polar surface area (TPSA) is 135 Å². The highest BCUT2D eigenvalue weighted by Crippen LogP contribution is 2.25. The summed E-state index contributed by atoms with van der Waals surface area (Å²) in [6, 6.07) is 4.65. The van der Waals surface area contributed by atoms with Crippen LogP contribution < -0.4 is 15.5 Å². The molecule has 2 amide bonds. The van der Waals surface area contributed by atoms with Crippen molar-refractivity contribution >= 4 is 34.7 Å². The molecule has 0 aliphatic heterocycles. The third-order valence-corrected chi connectivity index (χ3v) is 3.71. The summed E-state index contributed by atoms with van der Waals surface area (Å²) >= 11 is 1.06. The summed E-state index contributed by atoms with van der Waals surface area (Å²) in [7, 11) is 1.44. The highest BCUT2D eigenvalue weighted by Gasteiger charge is 2.11.